The van der Waals surface area contributed by atoms with Crippen molar-refractivity contribution in [1.82, 2.24) is 4.57 Å². The smallest absolute Gasteiger partial charge is 0.376 e. The molecule has 370 valence electrons. The van der Waals surface area contributed by atoms with E-state index < -0.39 is 0 Å². The number of hydrogen-bond donors (Lipinski definition) is 0. The summed E-state index contributed by atoms with van der Waals surface area (Å²) >= 11 is 1.96. The molecule has 2 aliphatic carbocycles. The van der Waals surface area contributed by atoms with Gasteiger partial charge in [-0.15, -0.1) is 11.3 Å². The van der Waals surface area contributed by atoms with Crippen molar-refractivity contribution in [2.45, 2.75) is 155 Å². The van der Waals surface area contributed by atoms with Crippen LogP contribution >= 0.6 is 11.3 Å². The van der Waals surface area contributed by atoms with Crippen LogP contribution in [0.5, 0.6) is 0 Å². The number of thiophene rings is 1. The molecule has 0 unspecified atom stereocenters. The van der Waals surface area contributed by atoms with Gasteiger partial charge in [0.15, 0.2) is 0 Å². The normalized spacial score (nSPS) is 18.3. The average molecular weight is 987 g/mol. The number of hydrogen-bond acceptors (Lipinski definition) is 4. The summed E-state index contributed by atoms with van der Waals surface area (Å²) in [5, 5.41) is 8.65. The Morgan fingerprint density at radius 2 is 1.09 bits per heavy atom. The molecule has 6 heteroatoms. The number of anilines is 2. The molecule has 4 aromatic heterocycles. The number of para-hydroxylation sites is 1. The van der Waals surface area contributed by atoms with E-state index in [9.17, 15) is 0 Å². The Balaban J connectivity index is 1.17. The van der Waals surface area contributed by atoms with E-state index in [2.05, 4.69) is 209 Å². The standard InChI is InChI=1S/C68H67BN2O2S/c1-63(2,3)36-19-22-38(23-20-36)71-50-32-41-40-30-45-48(68(13,14)28-26-65(45,7)8)35-54(40)74-53(41)33-43(50)55-56-39-17-15-16-18-51(39)72-61(56)57-42-31-46-47(67(11,12)27-25-66(46,9)10)34-49(42)70-59-44-29-37(64(4,5)6)21-24-52(44)73-62(59)69(71)58(55)60(57)70/h15-24,29-35H,25-28H2,1-14H3. The molecule has 7 aromatic carbocycles. The largest absolute Gasteiger partial charge is 0.466 e. The van der Waals surface area contributed by atoms with Crippen LogP contribution in [0.4, 0.5) is 11.4 Å². The highest BCUT2D eigenvalue weighted by Gasteiger charge is 2.50. The first kappa shape index (κ1) is 45.2. The maximum Gasteiger partial charge on any atom is 0.376 e. The minimum atomic E-state index is -0.298. The van der Waals surface area contributed by atoms with Crippen molar-refractivity contribution in [2.75, 3.05) is 4.81 Å². The molecular formula is C68H67BN2O2S. The summed E-state index contributed by atoms with van der Waals surface area (Å²) in [5.41, 5.74) is 22.3. The van der Waals surface area contributed by atoms with E-state index in [0.29, 0.717) is 0 Å². The molecule has 2 aliphatic heterocycles. The number of benzene rings is 7. The summed E-state index contributed by atoms with van der Waals surface area (Å²) in [7, 11) is 0. The van der Waals surface area contributed by atoms with Gasteiger partial charge >= 0.3 is 6.85 Å². The van der Waals surface area contributed by atoms with Gasteiger partial charge in [-0.25, -0.2) is 0 Å². The van der Waals surface area contributed by atoms with Crippen molar-refractivity contribution >= 4 is 116 Å². The second-order valence-electron chi connectivity index (χ2n) is 27.8. The Labute approximate surface area is 439 Å². The molecule has 11 aromatic rings. The van der Waals surface area contributed by atoms with Gasteiger partial charge in [0.2, 0.25) is 0 Å². The zero-order valence-electron chi connectivity index (χ0n) is 45.8. The number of furan rings is 2. The van der Waals surface area contributed by atoms with E-state index >= 15 is 0 Å². The van der Waals surface area contributed by atoms with Crippen LogP contribution in [0.15, 0.2) is 112 Å². The Hall–Kier alpha value is -6.24. The molecule has 4 nitrogen and oxygen atoms in total. The van der Waals surface area contributed by atoms with Crippen LogP contribution in [-0.2, 0) is 32.5 Å². The highest BCUT2D eigenvalue weighted by molar-refractivity contribution is 7.25. The Morgan fingerprint density at radius 1 is 0.527 bits per heavy atom. The molecule has 0 atom stereocenters. The highest BCUT2D eigenvalue weighted by Crippen LogP contribution is 2.57. The number of aromatic nitrogens is 1. The van der Waals surface area contributed by atoms with Crippen molar-refractivity contribution in [2.24, 2.45) is 0 Å². The third-order valence-electron chi connectivity index (χ3n) is 19.2. The fourth-order valence-electron chi connectivity index (χ4n) is 14.5. The van der Waals surface area contributed by atoms with E-state index in [1.165, 1.54) is 116 Å². The summed E-state index contributed by atoms with van der Waals surface area (Å²) in [6.45, 7) is 33.3. The predicted molar refractivity (Wildman–Crippen MR) is 318 cm³/mol. The van der Waals surface area contributed by atoms with Crippen LogP contribution < -0.4 is 15.9 Å². The zero-order valence-corrected chi connectivity index (χ0v) is 46.7. The molecule has 74 heavy (non-hydrogen) atoms. The van der Waals surface area contributed by atoms with Crippen molar-refractivity contribution in [3.8, 4) is 16.8 Å². The van der Waals surface area contributed by atoms with Gasteiger partial charge in [-0.1, -0.05) is 133 Å². The summed E-state index contributed by atoms with van der Waals surface area (Å²) < 4.78 is 20.4. The van der Waals surface area contributed by atoms with Crippen LogP contribution in [0.1, 0.15) is 156 Å². The van der Waals surface area contributed by atoms with Gasteiger partial charge in [0.05, 0.1) is 22.1 Å². The van der Waals surface area contributed by atoms with Crippen LogP contribution in [0.3, 0.4) is 0 Å². The molecule has 0 saturated carbocycles. The minimum absolute atomic E-state index is 0.000972. The van der Waals surface area contributed by atoms with Gasteiger partial charge in [-0.05, 0) is 169 Å². The fourth-order valence-corrected chi connectivity index (χ4v) is 15.7. The average Bonchev–Trinajstić information content (AvgIpc) is 4.11. The molecule has 0 radical (unpaired) electrons. The molecule has 0 amide bonds. The molecule has 6 heterocycles. The first-order chi connectivity index (χ1) is 34.9. The predicted octanol–water partition coefficient (Wildman–Crippen LogP) is 18.3. The van der Waals surface area contributed by atoms with Gasteiger partial charge < -0.3 is 18.2 Å². The van der Waals surface area contributed by atoms with Gasteiger partial charge in [0.25, 0.3) is 0 Å². The second kappa shape index (κ2) is 14.0. The van der Waals surface area contributed by atoms with Crippen LogP contribution in [0, 0.1) is 0 Å². The summed E-state index contributed by atoms with van der Waals surface area (Å²) in [6.07, 6.45) is 4.66. The van der Waals surface area contributed by atoms with Crippen molar-refractivity contribution < 1.29 is 8.83 Å². The SMILES string of the molecule is CC(C)(C)c1ccc(N2B3c4oc5ccc(C(C)(C)C)cc5c4-n4c5cc6c(cc5c5c7oc8ccccc8c7c(c3c54)-c3cc4sc5cc7c(cc5c4cc32)C(C)(C)CCC7(C)C)C(C)(C)CCC6(C)C)cc1. The third kappa shape index (κ3) is 5.82. The second-order valence-corrected chi connectivity index (χ2v) is 28.9. The minimum Gasteiger partial charge on any atom is -0.466 e. The van der Waals surface area contributed by atoms with E-state index in [0.717, 1.165) is 57.4 Å². The Kier molecular flexibility index (Phi) is 8.53. The number of nitrogens with zero attached hydrogens (tertiary/aromatic N) is 2. The molecule has 15 rings (SSSR count). The topological polar surface area (TPSA) is 34.5 Å². The Bertz CT molecular complexity index is 4340. The molecule has 0 N–H and O–H groups in total. The van der Waals surface area contributed by atoms with Crippen LogP contribution in [-0.4, -0.2) is 11.4 Å². The lowest BCUT2D eigenvalue weighted by Crippen LogP contribution is -2.60. The molecular weight excluding hydrogens is 920 g/mol. The van der Waals surface area contributed by atoms with Gasteiger partial charge in [0.1, 0.15) is 22.4 Å². The van der Waals surface area contributed by atoms with E-state index in [1.54, 1.807) is 0 Å². The fraction of sp³-hybridized carbons (Fsp3) is 0.353. The van der Waals surface area contributed by atoms with Crippen molar-refractivity contribution in [3.05, 3.63) is 137 Å². The third-order valence-corrected chi connectivity index (χ3v) is 20.3. The van der Waals surface area contributed by atoms with Crippen LogP contribution in [0.25, 0.3) is 91.7 Å². The monoisotopic (exact) mass is 987 g/mol. The van der Waals surface area contributed by atoms with Gasteiger partial charge in [-0.3, -0.25) is 0 Å². The van der Waals surface area contributed by atoms with E-state index in [4.69, 9.17) is 8.83 Å². The first-order valence-electron chi connectivity index (χ1n) is 27.4. The maximum atomic E-state index is 7.63. The van der Waals surface area contributed by atoms with E-state index in [1.807, 2.05) is 11.3 Å². The lowest BCUT2D eigenvalue weighted by Gasteiger charge is -2.42. The van der Waals surface area contributed by atoms with Crippen LogP contribution in [0.2, 0.25) is 0 Å². The first-order valence-corrected chi connectivity index (χ1v) is 28.3. The number of fused-ring (bicyclic) bond motifs is 20. The summed E-state index contributed by atoms with van der Waals surface area (Å²) in [5.74, 6) is 0. The van der Waals surface area contributed by atoms with Gasteiger partial charge in [0, 0.05) is 58.7 Å². The molecule has 0 bridgehead atoms. The highest BCUT2D eigenvalue weighted by atomic mass is 32.1. The molecule has 0 spiro atoms. The summed E-state index contributed by atoms with van der Waals surface area (Å²) in [6, 6.07) is 40.8. The lowest BCUT2D eigenvalue weighted by atomic mass is 9.46. The van der Waals surface area contributed by atoms with E-state index in [-0.39, 0.29) is 39.3 Å². The van der Waals surface area contributed by atoms with Crippen molar-refractivity contribution in [3.63, 3.8) is 0 Å². The molecule has 0 fully saturated rings. The summed E-state index contributed by atoms with van der Waals surface area (Å²) in [4.78, 5) is 2.68. The Morgan fingerprint density at radius 3 is 1.76 bits per heavy atom. The van der Waals surface area contributed by atoms with Crippen molar-refractivity contribution in [1.29, 1.82) is 0 Å². The lowest BCUT2D eigenvalue weighted by molar-refractivity contribution is 0.332. The molecule has 4 aliphatic rings. The zero-order chi connectivity index (χ0) is 51.3. The maximum absolute atomic E-state index is 7.63. The molecule has 0 saturated heterocycles. The quantitative estimate of drug-likeness (QED) is 0.154. The van der Waals surface area contributed by atoms with Gasteiger partial charge in [-0.2, -0.15) is 0 Å². The number of rotatable bonds is 1.